The Morgan fingerprint density at radius 2 is 2.15 bits per heavy atom. The van der Waals surface area contributed by atoms with Crippen LogP contribution in [-0.2, 0) is 4.79 Å². The highest BCUT2D eigenvalue weighted by atomic mass is 32.1. The summed E-state index contributed by atoms with van der Waals surface area (Å²) in [5.41, 5.74) is -2.93. The molecule has 0 bridgehead atoms. The minimum Gasteiger partial charge on any atom is -0.481 e. The van der Waals surface area contributed by atoms with Gasteiger partial charge in [-0.05, 0) is 11.6 Å². The van der Waals surface area contributed by atoms with Crippen LogP contribution < -0.4 is 5.32 Å². The van der Waals surface area contributed by atoms with Gasteiger partial charge in [-0.3, -0.25) is 10.1 Å². The molecule has 1 aliphatic heterocycles. The Kier molecular flexibility index (Phi) is 3.50. The van der Waals surface area contributed by atoms with Gasteiger partial charge in [-0.2, -0.15) is 13.2 Å². The van der Waals surface area contributed by atoms with Gasteiger partial charge in [0.2, 0.25) is 5.13 Å². The van der Waals surface area contributed by atoms with E-state index in [-0.39, 0.29) is 11.7 Å². The number of alkyl halides is 3. The third-order valence-corrected chi connectivity index (χ3v) is 3.53. The molecule has 1 aromatic heterocycles. The number of urea groups is 1. The summed E-state index contributed by atoms with van der Waals surface area (Å²) >= 11 is 0.752. The monoisotopic (exact) mass is 311 g/mol. The molecular formula is C8H8F3N5O3S. The number of likely N-dealkylation sites (tertiary alicyclic amines) is 1. The zero-order valence-electron chi connectivity index (χ0n) is 9.72. The first-order valence-electron chi connectivity index (χ1n) is 5.27. The molecule has 0 spiro atoms. The van der Waals surface area contributed by atoms with E-state index in [0.717, 1.165) is 16.4 Å². The molecule has 2 heterocycles. The van der Waals surface area contributed by atoms with Crippen molar-refractivity contribution in [3.63, 3.8) is 0 Å². The minimum atomic E-state index is -4.93. The second-order valence-electron chi connectivity index (χ2n) is 4.15. The van der Waals surface area contributed by atoms with E-state index in [0.29, 0.717) is 0 Å². The van der Waals surface area contributed by atoms with Gasteiger partial charge in [0, 0.05) is 24.6 Å². The zero-order valence-corrected chi connectivity index (χ0v) is 10.5. The SMILES string of the molecule is O=C(Nc1nnns1)N1CCC(C(=O)O)(C(F)(F)F)C1. The quantitative estimate of drug-likeness (QED) is 0.836. The zero-order chi connectivity index (χ0) is 15.0. The summed E-state index contributed by atoms with van der Waals surface area (Å²) < 4.78 is 42.1. The number of aromatic nitrogens is 3. The Hall–Kier alpha value is -1.98. The van der Waals surface area contributed by atoms with Crippen molar-refractivity contribution in [2.24, 2.45) is 5.41 Å². The molecule has 2 N–H and O–H groups in total. The molecule has 1 atom stereocenters. The number of carbonyl (C=O) groups is 2. The van der Waals surface area contributed by atoms with Crippen molar-refractivity contribution in [1.29, 1.82) is 0 Å². The maximum Gasteiger partial charge on any atom is 0.406 e. The van der Waals surface area contributed by atoms with Gasteiger partial charge in [-0.1, -0.05) is 9.59 Å². The topological polar surface area (TPSA) is 108 Å². The average molecular weight is 311 g/mol. The Morgan fingerprint density at radius 1 is 1.45 bits per heavy atom. The smallest absolute Gasteiger partial charge is 0.406 e. The number of nitrogens with one attached hydrogen (secondary N) is 1. The van der Waals surface area contributed by atoms with Crippen molar-refractivity contribution in [3.8, 4) is 0 Å². The molecule has 1 aliphatic rings. The Balaban J connectivity index is 2.11. The number of carboxylic acid groups (broad SMARTS) is 1. The standard InChI is InChI=1S/C8H8F3N5O3S/c9-8(10,11)7(4(17)18)1-2-16(3-7)6(19)12-5-13-14-15-20-5/h1-3H2,(H,17,18)(H,12,13,15,19). The molecule has 0 aliphatic carbocycles. The summed E-state index contributed by atoms with van der Waals surface area (Å²) in [5, 5.41) is 17.7. The molecule has 1 unspecified atom stereocenters. The van der Waals surface area contributed by atoms with Crippen LogP contribution in [0.2, 0.25) is 0 Å². The maximum atomic E-state index is 12.9. The maximum absolute atomic E-state index is 12.9. The lowest BCUT2D eigenvalue weighted by molar-refractivity contribution is -0.226. The molecule has 0 saturated carbocycles. The average Bonchev–Trinajstić information content (AvgIpc) is 2.96. The van der Waals surface area contributed by atoms with Crippen LogP contribution in [0.1, 0.15) is 6.42 Å². The highest BCUT2D eigenvalue weighted by Gasteiger charge is 2.64. The van der Waals surface area contributed by atoms with Crippen LogP contribution in [0.25, 0.3) is 0 Å². The van der Waals surface area contributed by atoms with Crippen LogP contribution in [0.3, 0.4) is 0 Å². The molecule has 20 heavy (non-hydrogen) atoms. The van der Waals surface area contributed by atoms with E-state index < -0.39 is 36.6 Å². The lowest BCUT2D eigenvalue weighted by Crippen LogP contribution is -2.48. The fourth-order valence-corrected chi connectivity index (χ4v) is 2.22. The van der Waals surface area contributed by atoms with Crippen molar-refractivity contribution in [3.05, 3.63) is 0 Å². The van der Waals surface area contributed by atoms with Gasteiger partial charge in [0.05, 0.1) is 0 Å². The number of anilines is 1. The van der Waals surface area contributed by atoms with E-state index in [1.807, 2.05) is 0 Å². The summed E-state index contributed by atoms with van der Waals surface area (Å²) in [5.74, 6) is -1.99. The summed E-state index contributed by atoms with van der Waals surface area (Å²) in [6, 6.07) is -0.865. The van der Waals surface area contributed by atoms with E-state index in [1.54, 1.807) is 0 Å². The number of carboxylic acids is 1. The van der Waals surface area contributed by atoms with Gasteiger partial charge in [0.25, 0.3) is 0 Å². The van der Waals surface area contributed by atoms with E-state index >= 15 is 0 Å². The third kappa shape index (κ3) is 2.37. The molecule has 0 radical (unpaired) electrons. The number of rotatable bonds is 2. The van der Waals surface area contributed by atoms with Crippen LogP contribution in [0.4, 0.5) is 23.1 Å². The normalized spacial score (nSPS) is 22.9. The molecule has 2 amide bonds. The lowest BCUT2D eigenvalue weighted by atomic mass is 9.86. The van der Waals surface area contributed by atoms with Crippen molar-refractivity contribution in [1.82, 2.24) is 19.7 Å². The van der Waals surface area contributed by atoms with E-state index in [1.165, 1.54) is 0 Å². The van der Waals surface area contributed by atoms with Crippen LogP contribution in [-0.4, -0.2) is 56.1 Å². The second kappa shape index (κ2) is 4.85. The fraction of sp³-hybridized carbons (Fsp3) is 0.625. The highest BCUT2D eigenvalue weighted by Crippen LogP contribution is 2.45. The lowest BCUT2D eigenvalue weighted by Gasteiger charge is -2.27. The van der Waals surface area contributed by atoms with E-state index in [9.17, 15) is 22.8 Å². The largest absolute Gasteiger partial charge is 0.481 e. The van der Waals surface area contributed by atoms with Gasteiger partial charge < -0.3 is 10.0 Å². The number of hydrogen-bond donors (Lipinski definition) is 2. The first kappa shape index (κ1) is 14.4. The molecule has 110 valence electrons. The summed E-state index contributed by atoms with van der Waals surface area (Å²) in [6.45, 7) is -1.26. The molecule has 1 fully saturated rings. The Morgan fingerprint density at radius 3 is 2.60 bits per heavy atom. The first-order valence-corrected chi connectivity index (χ1v) is 6.05. The van der Waals surface area contributed by atoms with E-state index in [4.69, 9.17) is 5.11 Å². The Bertz CT molecular complexity index is 522. The number of carbonyl (C=O) groups excluding carboxylic acids is 1. The van der Waals surface area contributed by atoms with Crippen LogP contribution in [0, 0.1) is 5.41 Å². The number of hydrogen-bond acceptors (Lipinski definition) is 6. The summed E-state index contributed by atoms with van der Waals surface area (Å²) in [4.78, 5) is 23.4. The van der Waals surface area contributed by atoms with Crippen molar-refractivity contribution in [2.75, 3.05) is 18.4 Å². The molecule has 1 aromatic rings. The first-order chi connectivity index (χ1) is 9.26. The highest BCUT2D eigenvalue weighted by molar-refractivity contribution is 7.09. The number of halogens is 3. The van der Waals surface area contributed by atoms with Gasteiger partial charge in [0.1, 0.15) is 0 Å². The Labute approximate surface area is 113 Å². The van der Waals surface area contributed by atoms with Crippen molar-refractivity contribution >= 4 is 28.7 Å². The second-order valence-corrected chi connectivity index (χ2v) is 4.89. The number of nitrogens with zero attached hydrogens (tertiary/aromatic N) is 4. The van der Waals surface area contributed by atoms with Gasteiger partial charge in [0.15, 0.2) is 5.41 Å². The van der Waals surface area contributed by atoms with E-state index in [2.05, 4.69) is 20.1 Å². The fourth-order valence-electron chi connectivity index (χ4n) is 1.86. The summed E-state index contributed by atoms with van der Waals surface area (Å²) in [7, 11) is 0. The van der Waals surface area contributed by atoms with Crippen LogP contribution in [0.15, 0.2) is 0 Å². The number of amides is 2. The molecule has 12 heteroatoms. The van der Waals surface area contributed by atoms with Crippen LogP contribution >= 0.6 is 11.5 Å². The molecule has 2 rings (SSSR count). The van der Waals surface area contributed by atoms with Crippen LogP contribution in [0.5, 0.6) is 0 Å². The van der Waals surface area contributed by atoms with Gasteiger partial charge in [-0.25, -0.2) is 4.79 Å². The molecule has 1 saturated heterocycles. The van der Waals surface area contributed by atoms with Gasteiger partial charge in [-0.15, -0.1) is 0 Å². The molecule has 8 nitrogen and oxygen atoms in total. The molecule has 0 aromatic carbocycles. The van der Waals surface area contributed by atoms with Crippen molar-refractivity contribution < 1.29 is 27.9 Å². The molecular weight excluding hydrogens is 303 g/mol. The third-order valence-electron chi connectivity index (χ3n) is 3.02. The summed E-state index contributed by atoms with van der Waals surface area (Å²) in [6.07, 6.45) is -5.62. The van der Waals surface area contributed by atoms with Crippen molar-refractivity contribution in [2.45, 2.75) is 12.6 Å². The number of aliphatic carboxylic acids is 1. The predicted octanol–water partition coefficient (Wildman–Crippen LogP) is 0.804. The minimum absolute atomic E-state index is 0.0230. The van der Waals surface area contributed by atoms with Gasteiger partial charge >= 0.3 is 18.2 Å². The predicted molar refractivity (Wildman–Crippen MR) is 59.0 cm³/mol.